The van der Waals surface area contributed by atoms with E-state index in [-0.39, 0.29) is 11.7 Å². The Balaban J connectivity index is 2.73. The summed E-state index contributed by atoms with van der Waals surface area (Å²) in [6.45, 7) is 3.63. The van der Waals surface area contributed by atoms with E-state index in [1.807, 2.05) is 6.92 Å². The number of benzene rings is 1. The Morgan fingerprint density at radius 1 is 1.60 bits per heavy atom. The molecule has 1 aromatic carbocycles. The van der Waals surface area contributed by atoms with Crippen molar-refractivity contribution in [3.63, 3.8) is 0 Å². The van der Waals surface area contributed by atoms with Gasteiger partial charge in [-0.1, -0.05) is 13.0 Å². The third-order valence-electron chi connectivity index (χ3n) is 2.25. The number of amides is 1. The van der Waals surface area contributed by atoms with Crippen LogP contribution in [-0.4, -0.2) is 17.1 Å². The topological polar surface area (TPSA) is 75.4 Å². The number of carbonyl (C=O) groups is 1. The van der Waals surface area contributed by atoms with Crippen LogP contribution in [0, 0.1) is 6.92 Å². The normalized spacial score (nSPS) is 12.2. The first-order valence-electron chi connectivity index (χ1n) is 4.90. The number of phenolic OH excluding ortho intramolecular Hbond substituents is 1. The zero-order valence-electron chi connectivity index (χ0n) is 8.95. The van der Waals surface area contributed by atoms with Gasteiger partial charge >= 0.3 is 0 Å². The van der Waals surface area contributed by atoms with E-state index < -0.39 is 6.04 Å². The molecule has 4 heteroatoms. The van der Waals surface area contributed by atoms with Crippen LogP contribution in [0.2, 0.25) is 0 Å². The number of rotatable bonds is 3. The van der Waals surface area contributed by atoms with E-state index in [0.717, 1.165) is 5.56 Å². The number of phenols is 1. The van der Waals surface area contributed by atoms with Gasteiger partial charge in [0.25, 0.3) is 0 Å². The van der Waals surface area contributed by atoms with Crippen molar-refractivity contribution < 1.29 is 9.90 Å². The summed E-state index contributed by atoms with van der Waals surface area (Å²) < 4.78 is 0. The summed E-state index contributed by atoms with van der Waals surface area (Å²) in [6.07, 6.45) is 0.587. The van der Waals surface area contributed by atoms with Gasteiger partial charge in [-0.15, -0.1) is 0 Å². The van der Waals surface area contributed by atoms with Crippen LogP contribution >= 0.6 is 0 Å². The predicted octanol–water partition coefficient (Wildman–Crippen LogP) is 1.38. The predicted molar refractivity (Wildman–Crippen MR) is 59.7 cm³/mol. The summed E-state index contributed by atoms with van der Waals surface area (Å²) in [5, 5.41) is 12.1. The van der Waals surface area contributed by atoms with E-state index in [9.17, 15) is 9.90 Å². The second kappa shape index (κ2) is 4.79. The second-order valence-corrected chi connectivity index (χ2v) is 3.51. The van der Waals surface area contributed by atoms with Crippen molar-refractivity contribution in [2.45, 2.75) is 26.3 Å². The van der Waals surface area contributed by atoms with Crippen molar-refractivity contribution in [1.29, 1.82) is 0 Å². The number of aromatic hydroxyl groups is 1. The van der Waals surface area contributed by atoms with Gasteiger partial charge in [-0.05, 0) is 25.0 Å². The Morgan fingerprint density at radius 3 is 2.80 bits per heavy atom. The lowest BCUT2D eigenvalue weighted by Crippen LogP contribution is -2.34. The van der Waals surface area contributed by atoms with E-state index in [2.05, 4.69) is 5.32 Å². The minimum absolute atomic E-state index is 0.165. The first-order valence-corrected chi connectivity index (χ1v) is 4.90. The summed E-state index contributed by atoms with van der Waals surface area (Å²) in [4.78, 5) is 11.4. The highest BCUT2D eigenvalue weighted by molar-refractivity contribution is 5.94. The highest BCUT2D eigenvalue weighted by atomic mass is 16.3. The molecule has 0 bridgehead atoms. The molecule has 0 saturated heterocycles. The molecular weight excluding hydrogens is 192 g/mol. The first-order chi connectivity index (χ1) is 7.04. The molecule has 1 unspecified atom stereocenters. The zero-order chi connectivity index (χ0) is 11.4. The molecule has 0 saturated carbocycles. The number of nitrogens with two attached hydrogens (primary N) is 1. The van der Waals surface area contributed by atoms with Gasteiger partial charge in [0.1, 0.15) is 5.75 Å². The molecule has 0 aliphatic carbocycles. The van der Waals surface area contributed by atoms with Crippen LogP contribution in [0.25, 0.3) is 0 Å². The van der Waals surface area contributed by atoms with Crippen LogP contribution in [0.1, 0.15) is 18.9 Å². The summed E-state index contributed by atoms with van der Waals surface area (Å²) in [7, 11) is 0. The third kappa shape index (κ3) is 2.95. The van der Waals surface area contributed by atoms with E-state index in [4.69, 9.17) is 5.73 Å². The standard InChI is InChI=1S/C11H16N2O2/c1-3-9(12)11(15)13-8-5-4-7(2)10(14)6-8/h4-6,9,14H,3,12H2,1-2H3,(H,13,15). The summed E-state index contributed by atoms with van der Waals surface area (Å²) in [6, 6.07) is 4.47. The molecule has 0 aromatic heterocycles. The maximum atomic E-state index is 11.4. The number of nitrogens with one attached hydrogen (secondary N) is 1. The van der Waals surface area contributed by atoms with Gasteiger partial charge in [0.05, 0.1) is 6.04 Å². The van der Waals surface area contributed by atoms with Crippen LogP contribution in [0.3, 0.4) is 0 Å². The molecule has 0 radical (unpaired) electrons. The number of aryl methyl sites for hydroxylation is 1. The largest absolute Gasteiger partial charge is 0.508 e. The monoisotopic (exact) mass is 208 g/mol. The molecule has 0 fully saturated rings. The highest BCUT2D eigenvalue weighted by Crippen LogP contribution is 2.20. The molecule has 82 valence electrons. The fourth-order valence-corrected chi connectivity index (χ4v) is 1.11. The lowest BCUT2D eigenvalue weighted by atomic mass is 10.2. The molecule has 0 aliphatic rings. The fraction of sp³-hybridized carbons (Fsp3) is 0.364. The summed E-state index contributed by atoms with van der Waals surface area (Å²) in [5.74, 6) is -0.0707. The van der Waals surface area contributed by atoms with Crippen LogP contribution in [0.15, 0.2) is 18.2 Å². The van der Waals surface area contributed by atoms with Gasteiger partial charge in [-0.3, -0.25) is 4.79 Å². The van der Waals surface area contributed by atoms with Crippen molar-refractivity contribution in [3.8, 4) is 5.75 Å². The van der Waals surface area contributed by atoms with Crippen molar-refractivity contribution in [2.24, 2.45) is 5.73 Å². The minimum Gasteiger partial charge on any atom is -0.508 e. The number of hydrogen-bond donors (Lipinski definition) is 3. The number of anilines is 1. The molecular formula is C11H16N2O2. The van der Waals surface area contributed by atoms with Crippen LogP contribution < -0.4 is 11.1 Å². The van der Waals surface area contributed by atoms with E-state index in [1.54, 1.807) is 19.1 Å². The molecule has 4 nitrogen and oxygen atoms in total. The Bertz CT molecular complexity index is 364. The van der Waals surface area contributed by atoms with Gasteiger partial charge in [-0.2, -0.15) is 0 Å². The van der Waals surface area contributed by atoms with Gasteiger partial charge in [-0.25, -0.2) is 0 Å². The molecule has 1 rings (SSSR count). The molecule has 1 amide bonds. The van der Waals surface area contributed by atoms with E-state index in [0.29, 0.717) is 12.1 Å². The Hall–Kier alpha value is -1.55. The Kier molecular flexibility index (Phi) is 3.68. The quantitative estimate of drug-likeness (QED) is 0.702. The Morgan fingerprint density at radius 2 is 2.27 bits per heavy atom. The van der Waals surface area contributed by atoms with Gasteiger partial charge in [0.15, 0.2) is 0 Å². The Labute approximate surface area is 89.1 Å². The molecule has 0 aliphatic heterocycles. The maximum absolute atomic E-state index is 11.4. The number of hydrogen-bond acceptors (Lipinski definition) is 3. The first kappa shape index (κ1) is 11.5. The van der Waals surface area contributed by atoms with Crippen molar-refractivity contribution in [3.05, 3.63) is 23.8 Å². The summed E-state index contributed by atoms with van der Waals surface area (Å²) >= 11 is 0. The third-order valence-corrected chi connectivity index (χ3v) is 2.25. The molecule has 1 aromatic rings. The van der Waals surface area contributed by atoms with Crippen molar-refractivity contribution in [1.82, 2.24) is 0 Å². The number of carbonyl (C=O) groups excluding carboxylic acids is 1. The molecule has 4 N–H and O–H groups in total. The zero-order valence-corrected chi connectivity index (χ0v) is 8.95. The molecule has 1 atom stereocenters. The van der Waals surface area contributed by atoms with E-state index in [1.165, 1.54) is 6.07 Å². The van der Waals surface area contributed by atoms with E-state index >= 15 is 0 Å². The fourth-order valence-electron chi connectivity index (χ4n) is 1.11. The maximum Gasteiger partial charge on any atom is 0.241 e. The van der Waals surface area contributed by atoms with Gasteiger partial charge in [0.2, 0.25) is 5.91 Å². The second-order valence-electron chi connectivity index (χ2n) is 3.51. The van der Waals surface area contributed by atoms with Crippen molar-refractivity contribution in [2.75, 3.05) is 5.32 Å². The smallest absolute Gasteiger partial charge is 0.241 e. The van der Waals surface area contributed by atoms with Gasteiger partial charge in [0, 0.05) is 11.8 Å². The minimum atomic E-state index is -0.506. The summed E-state index contributed by atoms with van der Waals surface area (Å²) in [5.41, 5.74) is 6.89. The van der Waals surface area contributed by atoms with Crippen molar-refractivity contribution >= 4 is 11.6 Å². The lowest BCUT2D eigenvalue weighted by molar-refractivity contribution is -0.117. The van der Waals surface area contributed by atoms with Crippen LogP contribution in [-0.2, 0) is 4.79 Å². The molecule has 0 heterocycles. The molecule has 0 spiro atoms. The van der Waals surface area contributed by atoms with Crippen LogP contribution in [0.5, 0.6) is 5.75 Å². The SMILES string of the molecule is CCC(N)C(=O)Nc1ccc(C)c(O)c1. The average molecular weight is 208 g/mol. The van der Waals surface area contributed by atoms with Crippen LogP contribution in [0.4, 0.5) is 5.69 Å². The average Bonchev–Trinajstić information content (AvgIpc) is 2.22. The lowest BCUT2D eigenvalue weighted by Gasteiger charge is -2.10. The molecule has 15 heavy (non-hydrogen) atoms. The highest BCUT2D eigenvalue weighted by Gasteiger charge is 2.11. The van der Waals surface area contributed by atoms with Gasteiger partial charge < -0.3 is 16.2 Å².